The maximum absolute atomic E-state index is 12.4. The van der Waals surface area contributed by atoms with Gasteiger partial charge in [-0.25, -0.2) is 0 Å². The van der Waals surface area contributed by atoms with Crippen LogP contribution in [-0.2, 0) is 4.79 Å². The molecule has 0 aromatic carbocycles. The molecular formula is C17H28N2O3S. The molecule has 0 aliphatic heterocycles. The molecule has 0 saturated heterocycles. The van der Waals surface area contributed by atoms with Gasteiger partial charge in [0.25, 0.3) is 5.91 Å². The Kier molecular flexibility index (Phi) is 7.22. The van der Waals surface area contributed by atoms with Crippen LogP contribution in [0.5, 0.6) is 0 Å². The smallest absolute Gasteiger partial charge is 0.262 e. The minimum atomic E-state index is -0.969. The van der Waals surface area contributed by atoms with Gasteiger partial charge in [0.1, 0.15) is 6.04 Å². The molecule has 3 atom stereocenters. The second-order valence-corrected chi connectivity index (χ2v) is 7.50. The first-order valence-corrected chi connectivity index (χ1v) is 8.91. The summed E-state index contributed by atoms with van der Waals surface area (Å²) in [5, 5.41) is 17.8. The van der Waals surface area contributed by atoms with E-state index in [2.05, 4.69) is 10.6 Å². The number of rotatable bonds is 8. The summed E-state index contributed by atoms with van der Waals surface area (Å²) in [5.74, 6) is -0.496. The molecule has 1 rings (SSSR count). The maximum Gasteiger partial charge on any atom is 0.262 e. The zero-order valence-electron chi connectivity index (χ0n) is 14.6. The second-order valence-electron chi connectivity index (χ2n) is 6.56. The van der Waals surface area contributed by atoms with E-state index in [0.29, 0.717) is 4.88 Å². The second kappa shape index (κ2) is 8.45. The standard InChI is InChI=1S/C17H28N2O3S/c1-6-12(4)17(5,22)10-18-16(21)14(11(2)3)19-15(20)13-8-7-9-23-13/h7-9,11-12,14,22H,6,10H2,1-5H3,(H,18,21)(H,19,20). The lowest BCUT2D eigenvalue weighted by molar-refractivity contribution is -0.125. The van der Waals surface area contributed by atoms with Crippen molar-refractivity contribution in [1.29, 1.82) is 0 Å². The monoisotopic (exact) mass is 340 g/mol. The number of hydrogen-bond acceptors (Lipinski definition) is 4. The van der Waals surface area contributed by atoms with Gasteiger partial charge in [-0.2, -0.15) is 0 Å². The maximum atomic E-state index is 12.4. The van der Waals surface area contributed by atoms with E-state index in [1.54, 1.807) is 19.1 Å². The first kappa shape index (κ1) is 19.6. The van der Waals surface area contributed by atoms with Crippen LogP contribution >= 0.6 is 11.3 Å². The number of carbonyl (C=O) groups is 2. The number of aliphatic hydroxyl groups is 1. The van der Waals surface area contributed by atoms with Crippen molar-refractivity contribution in [3.05, 3.63) is 22.4 Å². The fourth-order valence-electron chi connectivity index (χ4n) is 2.15. The van der Waals surface area contributed by atoms with Crippen LogP contribution in [0, 0.1) is 11.8 Å². The third kappa shape index (κ3) is 5.62. The average Bonchev–Trinajstić information content (AvgIpc) is 3.03. The van der Waals surface area contributed by atoms with Crippen molar-refractivity contribution < 1.29 is 14.7 Å². The highest BCUT2D eigenvalue weighted by Crippen LogP contribution is 2.19. The molecule has 3 unspecified atom stereocenters. The van der Waals surface area contributed by atoms with E-state index in [9.17, 15) is 14.7 Å². The molecule has 0 radical (unpaired) electrons. The predicted octanol–water partition coefficient (Wildman–Crippen LogP) is 2.42. The van der Waals surface area contributed by atoms with Crippen LogP contribution in [0.4, 0.5) is 0 Å². The number of nitrogens with one attached hydrogen (secondary N) is 2. The van der Waals surface area contributed by atoms with Crippen LogP contribution in [0.3, 0.4) is 0 Å². The molecule has 130 valence electrons. The Labute approximate surface area is 142 Å². The van der Waals surface area contributed by atoms with Crippen LogP contribution < -0.4 is 10.6 Å². The van der Waals surface area contributed by atoms with Gasteiger partial charge in [0.2, 0.25) is 5.91 Å². The van der Waals surface area contributed by atoms with E-state index >= 15 is 0 Å². The van der Waals surface area contributed by atoms with Gasteiger partial charge in [-0.05, 0) is 30.2 Å². The summed E-state index contributed by atoms with van der Waals surface area (Å²) in [4.78, 5) is 25.1. The van der Waals surface area contributed by atoms with Crippen molar-refractivity contribution >= 4 is 23.2 Å². The van der Waals surface area contributed by atoms with Gasteiger partial charge in [-0.1, -0.05) is 40.2 Å². The van der Waals surface area contributed by atoms with Gasteiger partial charge in [0.15, 0.2) is 0 Å². The minimum absolute atomic E-state index is 0.0486. The van der Waals surface area contributed by atoms with E-state index in [1.165, 1.54) is 11.3 Å². The Morgan fingerprint density at radius 2 is 2.00 bits per heavy atom. The highest BCUT2D eigenvalue weighted by molar-refractivity contribution is 7.12. The van der Waals surface area contributed by atoms with E-state index in [0.717, 1.165) is 6.42 Å². The van der Waals surface area contributed by atoms with E-state index in [4.69, 9.17) is 0 Å². The Morgan fingerprint density at radius 3 is 2.48 bits per heavy atom. The topological polar surface area (TPSA) is 78.4 Å². The van der Waals surface area contributed by atoms with Crippen molar-refractivity contribution in [1.82, 2.24) is 10.6 Å². The van der Waals surface area contributed by atoms with E-state index in [-0.39, 0.29) is 30.2 Å². The van der Waals surface area contributed by atoms with Crippen LogP contribution in [0.1, 0.15) is 50.7 Å². The normalized spacial score (nSPS) is 16.5. The molecule has 1 heterocycles. The molecule has 0 aliphatic rings. The summed E-state index contributed by atoms with van der Waals surface area (Å²) in [6, 6.07) is 2.90. The van der Waals surface area contributed by atoms with Crippen molar-refractivity contribution in [2.24, 2.45) is 11.8 Å². The van der Waals surface area contributed by atoms with Crippen molar-refractivity contribution in [2.75, 3.05) is 6.54 Å². The van der Waals surface area contributed by atoms with Crippen LogP contribution in [0.25, 0.3) is 0 Å². The Balaban J connectivity index is 2.67. The van der Waals surface area contributed by atoms with Crippen molar-refractivity contribution in [3.63, 3.8) is 0 Å². The molecule has 1 aromatic rings. The number of carbonyl (C=O) groups excluding carboxylic acids is 2. The molecule has 0 spiro atoms. The quantitative estimate of drug-likeness (QED) is 0.680. The van der Waals surface area contributed by atoms with Crippen molar-refractivity contribution in [3.8, 4) is 0 Å². The molecule has 6 heteroatoms. The first-order chi connectivity index (χ1) is 10.7. The summed E-state index contributed by atoms with van der Waals surface area (Å²) >= 11 is 1.34. The lowest BCUT2D eigenvalue weighted by Crippen LogP contribution is -2.53. The summed E-state index contributed by atoms with van der Waals surface area (Å²) in [5.41, 5.74) is -0.969. The van der Waals surface area contributed by atoms with Crippen LogP contribution in [0.15, 0.2) is 17.5 Å². The molecule has 1 aromatic heterocycles. The van der Waals surface area contributed by atoms with E-state index < -0.39 is 11.6 Å². The molecule has 0 bridgehead atoms. The average molecular weight is 340 g/mol. The number of thiophene rings is 1. The molecule has 23 heavy (non-hydrogen) atoms. The summed E-state index contributed by atoms with van der Waals surface area (Å²) in [6.45, 7) is 9.59. The summed E-state index contributed by atoms with van der Waals surface area (Å²) < 4.78 is 0. The van der Waals surface area contributed by atoms with Gasteiger partial charge < -0.3 is 15.7 Å². The number of hydrogen-bond donors (Lipinski definition) is 3. The van der Waals surface area contributed by atoms with Gasteiger partial charge >= 0.3 is 0 Å². The third-order valence-corrected chi connectivity index (χ3v) is 5.14. The Morgan fingerprint density at radius 1 is 1.35 bits per heavy atom. The molecule has 0 aliphatic carbocycles. The third-order valence-electron chi connectivity index (χ3n) is 4.28. The Hall–Kier alpha value is -1.40. The minimum Gasteiger partial charge on any atom is -0.388 e. The van der Waals surface area contributed by atoms with E-state index in [1.807, 2.05) is 33.1 Å². The van der Waals surface area contributed by atoms with Crippen LogP contribution in [-0.4, -0.2) is 35.1 Å². The lowest BCUT2D eigenvalue weighted by Gasteiger charge is -2.31. The zero-order chi connectivity index (χ0) is 17.6. The molecule has 5 nitrogen and oxygen atoms in total. The Bertz CT molecular complexity index is 512. The SMILES string of the molecule is CCC(C)C(C)(O)CNC(=O)C(NC(=O)c1cccs1)C(C)C. The molecule has 2 amide bonds. The lowest BCUT2D eigenvalue weighted by atomic mass is 9.88. The summed E-state index contributed by atoms with van der Waals surface area (Å²) in [7, 11) is 0. The van der Waals surface area contributed by atoms with Crippen molar-refractivity contribution in [2.45, 2.75) is 52.7 Å². The summed E-state index contributed by atoms with van der Waals surface area (Å²) in [6.07, 6.45) is 0.825. The fraction of sp³-hybridized carbons (Fsp3) is 0.647. The largest absolute Gasteiger partial charge is 0.388 e. The van der Waals surface area contributed by atoms with Gasteiger partial charge in [-0.3, -0.25) is 9.59 Å². The first-order valence-electron chi connectivity index (χ1n) is 8.03. The zero-order valence-corrected chi connectivity index (χ0v) is 15.4. The van der Waals surface area contributed by atoms with Crippen LogP contribution in [0.2, 0.25) is 0 Å². The molecule has 0 saturated carbocycles. The highest BCUT2D eigenvalue weighted by atomic mass is 32.1. The van der Waals surface area contributed by atoms with Gasteiger partial charge in [0, 0.05) is 6.54 Å². The van der Waals surface area contributed by atoms with Gasteiger partial charge in [0.05, 0.1) is 10.5 Å². The molecule has 0 fully saturated rings. The predicted molar refractivity (Wildman–Crippen MR) is 93.5 cm³/mol. The fourth-order valence-corrected chi connectivity index (χ4v) is 2.77. The highest BCUT2D eigenvalue weighted by Gasteiger charge is 2.30. The molecular weight excluding hydrogens is 312 g/mol. The van der Waals surface area contributed by atoms with Gasteiger partial charge in [-0.15, -0.1) is 11.3 Å². The number of amides is 2. The molecule has 3 N–H and O–H groups in total.